The van der Waals surface area contributed by atoms with Gasteiger partial charge in [0.2, 0.25) is 0 Å². The first-order chi connectivity index (χ1) is 9.02. The number of carbonyl (C=O) groups is 1. The van der Waals surface area contributed by atoms with Crippen molar-refractivity contribution in [3.63, 3.8) is 0 Å². The number of halogens is 1. The summed E-state index contributed by atoms with van der Waals surface area (Å²) < 4.78 is 18.6. The summed E-state index contributed by atoms with van der Waals surface area (Å²) in [4.78, 5) is 10.8. The molecule has 2 aromatic rings. The highest BCUT2D eigenvalue weighted by atomic mass is 19.1. The Balaban J connectivity index is 2.60. The number of aryl methyl sites for hydroxylation is 1. The van der Waals surface area contributed by atoms with Crippen molar-refractivity contribution in [1.29, 1.82) is 0 Å². The Morgan fingerprint density at radius 1 is 1.53 bits per heavy atom. The number of rotatable bonds is 4. The molecule has 0 amide bonds. The predicted octanol–water partition coefficient (Wildman–Crippen LogP) is 2.16. The van der Waals surface area contributed by atoms with Crippen LogP contribution in [0.1, 0.15) is 11.4 Å². The van der Waals surface area contributed by atoms with Gasteiger partial charge in [-0.25, -0.2) is 4.39 Å². The number of carboxylic acid groups (broad SMARTS) is 1. The first kappa shape index (κ1) is 13.1. The number of hydrogen-bond acceptors (Lipinski definition) is 3. The fraction of sp³-hybridized carbons (Fsp3) is 0.231. The summed E-state index contributed by atoms with van der Waals surface area (Å²) >= 11 is 0. The van der Waals surface area contributed by atoms with Crippen molar-refractivity contribution in [2.45, 2.75) is 13.3 Å². The van der Waals surface area contributed by atoms with Crippen LogP contribution in [0.2, 0.25) is 0 Å². The normalized spacial score (nSPS) is 10.5. The first-order valence-corrected chi connectivity index (χ1v) is 5.62. The number of hydrogen-bond donors (Lipinski definition) is 2. The van der Waals surface area contributed by atoms with Crippen LogP contribution >= 0.6 is 0 Å². The third-order valence-corrected chi connectivity index (χ3v) is 2.77. The van der Waals surface area contributed by atoms with Gasteiger partial charge in [0.1, 0.15) is 11.6 Å². The summed E-state index contributed by atoms with van der Waals surface area (Å²) in [6.45, 7) is 1.75. The molecule has 0 atom stereocenters. The molecule has 2 rings (SSSR count). The van der Waals surface area contributed by atoms with Gasteiger partial charge in [-0.1, -0.05) is 0 Å². The molecule has 0 saturated carbocycles. The van der Waals surface area contributed by atoms with Crippen LogP contribution in [0, 0.1) is 12.7 Å². The minimum Gasteiger partial charge on any atom is -0.496 e. The largest absolute Gasteiger partial charge is 0.496 e. The lowest BCUT2D eigenvalue weighted by molar-refractivity contribution is -0.136. The molecular formula is C13H13FN2O3. The van der Waals surface area contributed by atoms with Gasteiger partial charge in [0, 0.05) is 16.8 Å². The fourth-order valence-electron chi connectivity index (χ4n) is 1.98. The van der Waals surface area contributed by atoms with E-state index in [0.29, 0.717) is 28.3 Å². The van der Waals surface area contributed by atoms with Crippen molar-refractivity contribution < 1.29 is 19.0 Å². The van der Waals surface area contributed by atoms with Crippen LogP contribution in [-0.4, -0.2) is 28.4 Å². The average molecular weight is 264 g/mol. The quantitative estimate of drug-likeness (QED) is 0.887. The van der Waals surface area contributed by atoms with Crippen LogP contribution in [0.4, 0.5) is 4.39 Å². The third kappa shape index (κ3) is 2.57. The number of nitrogens with one attached hydrogen (secondary N) is 1. The molecule has 1 aromatic heterocycles. The number of benzene rings is 1. The molecule has 0 radical (unpaired) electrons. The second-order valence-corrected chi connectivity index (χ2v) is 4.09. The first-order valence-electron chi connectivity index (χ1n) is 5.62. The molecule has 5 nitrogen and oxygen atoms in total. The van der Waals surface area contributed by atoms with Gasteiger partial charge in [-0.15, -0.1) is 0 Å². The minimum absolute atomic E-state index is 0.237. The van der Waals surface area contributed by atoms with Crippen molar-refractivity contribution in [3.05, 3.63) is 35.4 Å². The second kappa shape index (κ2) is 5.09. The number of aliphatic carboxylic acids is 1. The monoisotopic (exact) mass is 264 g/mol. The summed E-state index contributed by atoms with van der Waals surface area (Å²) in [6, 6.07) is 4.10. The van der Waals surface area contributed by atoms with Crippen molar-refractivity contribution in [3.8, 4) is 16.9 Å². The van der Waals surface area contributed by atoms with Gasteiger partial charge in [0.05, 0.1) is 19.2 Å². The molecule has 1 heterocycles. The standard InChI is InChI=1S/C13H13FN2O3/c1-7-13(10(16-15-7)6-12(17)18)9-5-8(14)3-4-11(9)19-2/h3-5H,6H2,1-2H3,(H,15,16)(H,17,18). The Hall–Kier alpha value is -2.37. The fourth-order valence-corrected chi connectivity index (χ4v) is 1.98. The lowest BCUT2D eigenvalue weighted by atomic mass is 10.0. The van der Waals surface area contributed by atoms with Crippen LogP contribution in [0.25, 0.3) is 11.1 Å². The zero-order valence-electron chi connectivity index (χ0n) is 10.5. The Morgan fingerprint density at radius 3 is 2.89 bits per heavy atom. The van der Waals surface area contributed by atoms with Crippen molar-refractivity contribution >= 4 is 5.97 Å². The Morgan fingerprint density at radius 2 is 2.26 bits per heavy atom. The van der Waals surface area contributed by atoms with Crippen LogP contribution in [0.5, 0.6) is 5.75 Å². The molecule has 19 heavy (non-hydrogen) atoms. The highest BCUT2D eigenvalue weighted by Crippen LogP contribution is 2.34. The molecular weight excluding hydrogens is 251 g/mol. The molecule has 0 unspecified atom stereocenters. The smallest absolute Gasteiger partial charge is 0.309 e. The van der Waals surface area contributed by atoms with Crippen LogP contribution < -0.4 is 4.74 Å². The zero-order valence-corrected chi connectivity index (χ0v) is 10.5. The van der Waals surface area contributed by atoms with E-state index >= 15 is 0 Å². The van der Waals surface area contributed by atoms with Gasteiger partial charge < -0.3 is 9.84 Å². The van der Waals surface area contributed by atoms with Gasteiger partial charge >= 0.3 is 5.97 Å². The topological polar surface area (TPSA) is 75.2 Å². The van der Waals surface area contributed by atoms with Gasteiger partial charge in [-0.3, -0.25) is 9.89 Å². The maximum absolute atomic E-state index is 13.4. The molecule has 2 N–H and O–H groups in total. The molecule has 0 aliphatic rings. The molecule has 100 valence electrons. The Bertz CT molecular complexity index is 622. The molecule has 0 bridgehead atoms. The lowest BCUT2D eigenvalue weighted by Crippen LogP contribution is -2.02. The summed E-state index contributed by atoms with van der Waals surface area (Å²) in [5.41, 5.74) is 2.08. The lowest BCUT2D eigenvalue weighted by Gasteiger charge is -2.09. The van der Waals surface area contributed by atoms with Gasteiger partial charge in [-0.05, 0) is 25.1 Å². The van der Waals surface area contributed by atoms with E-state index in [4.69, 9.17) is 9.84 Å². The minimum atomic E-state index is -0.997. The molecule has 0 spiro atoms. The SMILES string of the molecule is COc1ccc(F)cc1-c1c(CC(=O)O)n[nH]c1C. The maximum atomic E-state index is 13.4. The number of methoxy groups -OCH3 is 1. The number of H-pyrrole nitrogens is 1. The summed E-state index contributed by atoms with van der Waals surface area (Å²) in [5, 5.41) is 15.5. The zero-order chi connectivity index (χ0) is 14.0. The number of ether oxygens (including phenoxy) is 1. The maximum Gasteiger partial charge on any atom is 0.309 e. The van der Waals surface area contributed by atoms with Gasteiger partial charge in [-0.2, -0.15) is 5.10 Å². The van der Waals surface area contributed by atoms with Crippen molar-refractivity contribution in [2.24, 2.45) is 0 Å². The van der Waals surface area contributed by atoms with E-state index < -0.39 is 11.8 Å². The number of carboxylic acids is 1. The van der Waals surface area contributed by atoms with Crippen LogP contribution in [0.3, 0.4) is 0 Å². The average Bonchev–Trinajstić information content (AvgIpc) is 2.69. The van der Waals surface area contributed by atoms with Gasteiger partial charge in [0.15, 0.2) is 0 Å². The van der Waals surface area contributed by atoms with E-state index in [1.807, 2.05) is 0 Å². The van der Waals surface area contributed by atoms with Crippen LogP contribution in [-0.2, 0) is 11.2 Å². The molecule has 0 fully saturated rings. The van der Waals surface area contributed by atoms with Crippen molar-refractivity contribution in [2.75, 3.05) is 7.11 Å². The number of aromatic nitrogens is 2. The number of nitrogens with zero attached hydrogens (tertiary/aromatic N) is 1. The highest BCUT2D eigenvalue weighted by Gasteiger charge is 2.18. The van der Waals surface area contributed by atoms with Crippen LogP contribution in [0.15, 0.2) is 18.2 Å². The molecule has 0 aliphatic carbocycles. The highest BCUT2D eigenvalue weighted by molar-refractivity contribution is 5.79. The van der Waals surface area contributed by atoms with E-state index in [0.717, 1.165) is 0 Å². The summed E-state index contributed by atoms with van der Waals surface area (Å²) in [5.74, 6) is -0.946. The summed E-state index contributed by atoms with van der Waals surface area (Å²) in [7, 11) is 1.48. The van der Waals surface area contributed by atoms with E-state index in [9.17, 15) is 9.18 Å². The van der Waals surface area contributed by atoms with E-state index in [2.05, 4.69) is 10.2 Å². The molecule has 6 heteroatoms. The third-order valence-electron chi connectivity index (χ3n) is 2.77. The summed E-state index contributed by atoms with van der Waals surface area (Å²) in [6.07, 6.45) is -0.237. The van der Waals surface area contributed by atoms with Crippen molar-refractivity contribution in [1.82, 2.24) is 10.2 Å². The molecule has 1 aromatic carbocycles. The Kier molecular flexibility index (Phi) is 3.50. The molecule has 0 saturated heterocycles. The predicted molar refractivity (Wildman–Crippen MR) is 66.6 cm³/mol. The van der Waals surface area contributed by atoms with E-state index in [-0.39, 0.29) is 6.42 Å². The number of aromatic amines is 1. The second-order valence-electron chi connectivity index (χ2n) is 4.09. The van der Waals surface area contributed by atoms with Gasteiger partial charge in [0.25, 0.3) is 0 Å². The van der Waals surface area contributed by atoms with E-state index in [1.54, 1.807) is 6.92 Å². The van der Waals surface area contributed by atoms with E-state index in [1.165, 1.54) is 25.3 Å². The molecule has 0 aliphatic heterocycles. The Labute approximate surface area is 109 Å².